The van der Waals surface area contributed by atoms with Gasteiger partial charge < -0.3 is 14.4 Å². The molecule has 1 aliphatic rings. The summed E-state index contributed by atoms with van der Waals surface area (Å²) in [7, 11) is 1.67. The van der Waals surface area contributed by atoms with Gasteiger partial charge in [-0.3, -0.25) is 0 Å². The molecule has 0 aliphatic carbocycles. The van der Waals surface area contributed by atoms with E-state index in [-0.39, 0.29) is 6.10 Å². The number of hydrogen-bond donors (Lipinski definition) is 1. The van der Waals surface area contributed by atoms with E-state index < -0.39 is 0 Å². The molecule has 1 aromatic heterocycles. The molecule has 14 heavy (non-hydrogen) atoms. The lowest BCUT2D eigenvalue weighted by Gasteiger charge is -2.19. The molecule has 1 N–H and O–H groups in total. The Morgan fingerprint density at radius 1 is 1.57 bits per heavy atom. The van der Waals surface area contributed by atoms with Gasteiger partial charge in [0.15, 0.2) is 0 Å². The van der Waals surface area contributed by atoms with Gasteiger partial charge in [-0.25, -0.2) is 0 Å². The van der Waals surface area contributed by atoms with Crippen LogP contribution in [0.15, 0.2) is 0 Å². The molecule has 0 fully saturated rings. The summed E-state index contributed by atoms with van der Waals surface area (Å²) in [5.74, 6) is 1.90. The molecular formula is C9H15N3O2. The highest BCUT2D eigenvalue weighted by Gasteiger charge is 2.20. The average molecular weight is 197 g/mol. The second kappa shape index (κ2) is 4.06. The van der Waals surface area contributed by atoms with Crippen LogP contribution >= 0.6 is 0 Å². The van der Waals surface area contributed by atoms with Gasteiger partial charge in [0.05, 0.1) is 19.3 Å². The number of fused-ring (bicyclic) bond motifs is 1. The second-order valence-corrected chi connectivity index (χ2v) is 3.58. The van der Waals surface area contributed by atoms with Crippen molar-refractivity contribution >= 4 is 0 Å². The number of aliphatic hydroxyl groups is 1. The smallest absolute Gasteiger partial charge is 0.135 e. The van der Waals surface area contributed by atoms with Crippen molar-refractivity contribution in [3.63, 3.8) is 0 Å². The van der Waals surface area contributed by atoms with Gasteiger partial charge in [0, 0.05) is 20.0 Å². The largest absolute Gasteiger partial charge is 0.391 e. The summed E-state index contributed by atoms with van der Waals surface area (Å²) in [6.45, 7) is 1.27. The highest BCUT2D eigenvalue weighted by atomic mass is 16.5. The third-order valence-corrected chi connectivity index (χ3v) is 2.53. The van der Waals surface area contributed by atoms with E-state index >= 15 is 0 Å². The zero-order valence-corrected chi connectivity index (χ0v) is 8.31. The van der Waals surface area contributed by atoms with E-state index in [4.69, 9.17) is 4.74 Å². The van der Waals surface area contributed by atoms with Crippen LogP contribution < -0.4 is 0 Å². The zero-order valence-electron chi connectivity index (χ0n) is 8.31. The first-order valence-electron chi connectivity index (χ1n) is 4.89. The average Bonchev–Trinajstić information content (AvgIpc) is 2.57. The van der Waals surface area contributed by atoms with Crippen molar-refractivity contribution in [2.75, 3.05) is 13.7 Å². The molecule has 5 heteroatoms. The number of ether oxygens (including phenoxy) is 1. The fraction of sp³-hybridized carbons (Fsp3) is 0.778. The predicted octanol–water partition coefficient (Wildman–Crippen LogP) is -0.226. The van der Waals surface area contributed by atoms with E-state index in [1.54, 1.807) is 7.11 Å². The Kier molecular flexibility index (Phi) is 2.79. The highest BCUT2D eigenvalue weighted by Crippen LogP contribution is 2.14. The van der Waals surface area contributed by atoms with Crippen LogP contribution in [0.1, 0.15) is 18.1 Å². The van der Waals surface area contributed by atoms with Crippen LogP contribution in [0.3, 0.4) is 0 Å². The normalized spacial score (nSPS) is 20.9. The molecule has 78 valence electrons. The summed E-state index contributed by atoms with van der Waals surface area (Å²) < 4.78 is 7.00. The maximum absolute atomic E-state index is 9.52. The van der Waals surface area contributed by atoms with Crippen molar-refractivity contribution in [2.45, 2.75) is 31.9 Å². The number of nitrogens with zero attached hydrogens (tertiary/aromatic N) is 3. The predicted molar refractivity (Wildman–Crippen MR) is 49.9 cm³/mol. The van der Waals surface area contributed by atoms with Crippen LogP contribution in [0.25, 0.3) is 0 Å². The lowest BCUT2D eigenvalue weighted by atomic mass is 10.1. The van der Waals surface area contributed by atoms with Crippen molar-refractivity contribution in [2.24, 2.45) is 0 Å². The summed E-state index contributed by atoms with van der Waals surface area (Å²) in [4.78, 5) is 0. The summed E-state index contributed by atoms with van der Waals surface area (Å²) in [5.41, 5.74) is 0. The van der Waals surface area contributed by atoms with Gasteiger partial charge in [-0.1, -0.05) is 0 Å². The van der Waals surface area contributed by atoms with Crippen LogP contribution in [0.5, 0.6) is 0 Å². The number of aliphatic hydroxyl groups excluding tert-OH is 1. The quantitative estimate of drug-likeness (QED) is 0.727. The molecule has 0 bridgehead atoms. The van der Waals surface area contributed by atoms with Crippen LogP contribution in [-0.4, -0.2) is 39.7 Å². The fourth-order valence-corrected chi connectivity index (χ4v) is 1.74. The van der Waals surface area contributed by atoms with Crippen molar-refractivity contribution in [3.8, 4) is 0 Å². The Hall–Kier alpha value is -0.940. The Balaban J connectivity index is 2.13. The summed E-state index contributed by atoms with van der Waals surface area (Å²) in [5, 5.41) is 17.7. The third kappa shape index (κ3) is 1.78. The van der Waals surface area contributed by atoms with E-state index in [9.17, 15) is 5.11 Å². The van der Waals surface area contributed by atoms with Crippen LogP contribution in [0, 0.1) is 0 Å². The fourth-order valence-electron chi connectivity index (χ4n) is 1.74. The SMILES string of the molecule is COCCc1nnc2n1CC(O)CC2. The Morgan fingerprint density at radius 3 is 3.21 bits per heavy atom. The molecule has 0 saturated heterocycles. The van der Waals surface area contributed by atoms with Crippen molar-refractivity contribution in [3.05, 3.63) is 11.6 Å². The first-order valence-corrected chi connectivity index (χ1v) is 4.89. The van der Waals surface area contributed by atoms with E-state index in [0.29, 0.717) is 13.2 Å². The molecule has 1 aliphatic heterocycles. The number of aryl methyl sites for hydroxylation is 1. The monoisotopic (exact) mass is 197 g/mol. The van der Waals surface area contributed by atoms with E-state index in [1.807, 2.05) is 4.57 Å². The first-order chi connectivity index (χ1) is 6.81. The van der Waals surface area contributed by atoms with Gasteiger partial charge in [-0.15, -0.1) is 10.2 Å². The number of rotatable bonds is 3. The molecule has 5 nitrogen and oxygen atoms in total. The molecule has 0 spiro atoms. The van der Waals surface area contributed by atoms with Gasteiger partial charge in [0.25, 0.3) is 0 Å². The highest BCUT2D eigenvalue weighted by molar-refractivity contribution is 5.00. The zero-order chi connectivity index (χ0) is 9.97. The van der Waals surface area contributed by atoms with E-state index in [1.165, 1.54) is 0 Å². The molecular weight excluding hydrogens is 182 g/mol. The van der Waals surface area contributed by atoms with Gasteiger partial charge in [-0.05, 0) is 6.42 Å². The van der Waals surface area contributed by atoms with E-state index in [2.05, 4.69) is 10.2 Å². The number of hydrogen-bond acceptors (Lipinski definition) is 4. The van der Waals surface area contributed by atoms with Gasteiger partial charge >= 0.3 is 0 Å². The van der Waals surface area contributed by atoms with Crippen molar-refractivity contribution < 1.29 is 9.84 Å². The Labute approximate surface area is 82.7 Å². The Morgan fingerprint density at radius 2 is 2.43 bits per heavy atom. The molecule has 0 radical (unpaired) electrons. The summed E-state index contributed by atoms with van der Waals surface area (Å²) in [6, 6.07) is 0. The van der Waals surface area contributed by atoms with Crippen molar-refractivity contribution in [1.29, 1.82) is 0 Å². The van der Waals surface area contributed by atoms with Crippen LogP contribution in [-0.2, 0) is 24.1 Å². The molecule has 0 amide bonds. The molecule has 1 atom stereocenters. The third-order valence-electron chi connectivity index (χ3n) is 2.53. The van der Waals surface area contributed by atoms with Crippen molar-refractivity contribution in [1.82, 2.24) is 14.8 Å². The minimum absolute atomic E-state index is 0.250. The van der Waals surface area contributed by atoms with Gasteiger partial charge in [-0.2, -0.15) is 0 Å². The van der Waals surface area contributed by atoms with Gasteiger partial charge in [0.1, 0.15) is 11.6 Å². The van der Waals surface area contributed by atoms with Crippen LogP contribution in [0.4, 0.5) is 0 Å². The lowest BCUT2D eigenvalue weighted by molar-refractivity contribution is 0.127. The minimum atomic E-state index is -0.250. The van der Waals surface area contributed by atoms with Crippen LogP contribution in [0.2, 0.25) is 0 Å². The second-order valence-electron chi connectivity index (χ2n) is 3.58. The topological polar surface area (TPSA) is 60.2 Å². The number of methoxy groups -OCH3 is 1. The molecule has 0 aromatic carbocycles. The summed E-state index contributed by atoms with van der Waals surface area (Å²) >= 11 is 0. The lowest BCUT2D eigenvalue weighted by Crippen LogP contribution is -2.25. The maximum atomic E-state index is 9.52. The molecule has 0 saturated carbocycles. The molecule has 2 heterocycles. The van der Waals surface area contributed by atoms with E-state index in [0.717, 1.165) is 30.9 Å². The maximum Gasteiger partial charge on any atom is 0.135 e. The molecule has 1 aromatic rings. The first kappa shape index (κ1) is 9.61. The summed E-state index contributed by atoms with van der Waals surface area (Å²) in [6.07, 6.45) is 2.12. The standard InChI is InChI=1S/C9H15N3O2/c1-14-5-4-9-11-10-8-3-2-7(13)6-12(8)9/h7,13H,2-6H2,1H3. The number of aromatic nitrogens is 3. The van der Waals surface area contributed by atoms with Gasteiger partial charge in [0.2, 0.25) is 0 Å². The minimum Gasteiger partial charge on any atom is -0.391 e. The molecule has 1 unspecified atom stereocenters. The Bertz CT molecular complexity index is 311. The molecule has 2 rings (SSSR count).